The highest BCUT2D eigenvalue weighted by atomic mass is 19.1. The molecule has 3 N–H and O–H groups in total. The third-order valence-corrected chi connectivity index (χ3v) is 2.84. The lowest BCUT2D eigenvalue weighted by atomic mass is 9.98. The molecule has 0 bridgehead atoms. The summed E-state index contributed by atoms with van der Waals surface area (Å²) in [6.07, 6.45) is -2.51. The zero-order valence-corrected chi connectivity index (χ0v) is 10.8. The Labute approximate surface area is 110 Å². The summed E-state index contributed by atoms with van der Waals surface area (Å²) in [6, 6.07) is 1.49. The highest BCUT2D eigenvalue weighted by Crippen LogP contribution is 2.25. The van der Waals surface area contributed by atoms with Crippen LogP contribution in [0.15, 0.2) is 12.1 Å². The number of benzene rings is 1. The van der Waals surface area contributed by atoms with Gasteiger partial charge in [-0.25, -0.2) is 8.78 Å². The number of carbonyl (C=O) groups is 1. The van der Waals surface area contributed by atoms with Crippen molar-refractivity contribution < 1.29 is 23.8 Å². The van der Waals surface area contributed by atoms with Crippen molar-refractivity contribution in [1.82, 2.24) is 5.32 Å². The summed E-state index contributed by atoms with van der Waals surface area (Å²) >= 11 is 0. The Morgan fingerprint density at radius 1 is 1.32 bits per heavy atom. The molecule has 1 aromatic carbocycles. The molecule has 0 amide bonds. The molecule has 0 aromatic heterocycles. The van der Waals surface area contributed by atoms with E-state index < -0.39 is 29.6 Å². The van der Waals surface area contributed by atoms with Gasteiger partial charge in [-0.2, -0.15) is 0 Å². The standard InChI is InChI=1S/C13H17F2NO3/c1-7(17)8-5-9(11(15)6-10(8)14)13(19)12(18)3-4-16-2/h5-6,12-13,16,18-19H,3-4H2,1-2H3. The van der Waals surface area contributed by atoms with Gasteiger partial charge >= 0.3 is 0 Å². The molecule has 2 unspecified atom stereocenters. The highest BCUT2D eigenvalue weighted by molar-refractivity contribution is 5.94. The molecule has 1 aromatic rings. The van der Waals surface area contributed by atoms with Crippen LogP contribution in [0.1, 0.15) is 35.4 Å². The van der Waals surface area contributed by atoms with Gasteiger partial charge < -0.3 is 15.5 Å². The lowest BCUT2D eigenvalue weighted by Gasteiger charge is -2.19. The van der Waals surface area contributed by atoms with Crippen molar-refractivity contribution in [2.75, 3.05) is 13.6 Å². The SMILES string of the molecule is CNCCC(O)C(O)c1cc(C(C)=O)c(F)cc1F. The van der Waals surface area contributed by atoms with Crippen LogP contribution in [0.5, 0.6) is 0 Å². The Bertz CT molecular complexity index is 465. The van der Waals surface area contributed by atoms with E-state index in [1.807, 2.05) is 0 Å². The Hall–Kier alpha value is -1.37. The fourth-order valence-electron chi connectivity index (χ4n) is 1.72. The van der Waals surface area contributed by atoms with Crippen LogP contribution in [0, 0.1) is 11.6 Å². The van der Waals surface area contributed by atoms with Crippen LogP contribution < -0.4 is 5.32 Å². The Kier molecular flexibility index (Phi) is 5.53. The lowest BCUT2D eigenvalue weighted by molar-refractivity contribution is 0.0119. The fourth-order valence-corrected chi connectivity index (χ4v) is 1.72. The van der Waals surface area contributed by atoms with Crippen LogP contribution in [0.2, 0.25) is 0 Å². The molecule has 106 valence electrons. The normalized spacial score (nSPS) is 14.2. The summed E-state index contributed by atoms with van der Waals surface area (Å²) in [5.74, 6) is -2.54. The zero-order chi connectivity index (χ0) is 14.6. The number of halogens is 2. The fraction of sp³-hybridized carbons (Fsp3) is 0.462. The minimum atomic E-state index is -1.51. The van der Waals surface area contributed by atoms with Crippen molar-refractivity contribution >= 4 is 5.78 Å². The monoisotopic (exact) mass is 273 g/mol. The molecule has 6 heteroatoms. The smallest absolute Gasteiger partial charge is 0.162 e. The summed E-state index contributed by atoms with van der Waals surface area (Å²) in [7, 11) is 1.67. The van der Waals surface area contributed by atoms with Gasteiger partial charge in [0.05, 0.1) is 11.7 Å². The average molecular weight is 273 g/mol. The molecule has 19 heavy (non-hydrogen) atoms. The molecule has 0 radical (unpaired) electrons. The topological polar surface area (TPSA) is 69.6 Å². The van der Waals surface area contributed by atoms with E-state index in [1.54, 1.807) is 7.05 Å². The first-order valence-electron chi connectivity index (χ1n) is 5.89. The van der Waals surface area contributed by atoms with Gasteiger partial charge in [0.2, 0.25) is 0 Å². The van der Waals surface area contributed by atoms with E-state index in [-0.39, 0.29) is 17.5 Å². The molecule has 0 heterocycles. The Morgan fingerprint density at radius 2 is 1.95 bits per heavy atom. The number of carbonyl (C=O) groups excluding carboxylic acids is 1. The maximum Gasteiger partial charge on any atom is 0.162 e. The Morgan fingerprint density at radius 3 is 2.47 bits per heavy atom. The number of nitrogens with one attached hydrogen (secondary N) is 1. The molecule has 0 aliphatic carbocycles. The summed E-state index contributed by atoms with van der Waals surface area (Å²) in [6.45, 7) is 1.57. The van der Waals surface area contributed by atoms with Crippen molar-refractivity contribution in [3.05, 3.63) is 34.9 Å². The molecule has 1 rings (SSSR count). The van der Waals surface area contributed by atoms with Crippen LogP contribution in [-0.2, 0) is 0 Å². The number of aliphatic hydroxyl groups is 2. The van der Waals surface area contributed by atoms with E-state index in [0.717, 1.165) is 13.0 Å². The second-order valence-electron chi connectivity index (χ2n) is 4.31. The van der Waals surface area contributed by atoms with Crippen molar-refractivity contribution in [3.63, 3.8) is 0 Å². The average Bonchev–Trinajstić information content (AvgIpc) is 2.34. The molecule has 0 spiro atoms. The van der Waals surface area contributed by atoms with Crippen LogP contribution in [0.25, 0.3) is 0 Å². The molecular formula is C13H17F2NO3. The molecular weight excluding hydrogens is 256 g/mol. The first-order valence-corrected chi connectivity index (χ1v) is 5.89. The first kappa shape index (κ1) is 15.7. The van der Waals surface area contributed by atoms with E-state index in [1.165, 1.54) is 0 Å². The van der Waals surface area contributed by atoms with Crippen molar-refractivity contribution in [2.24, 2.45) is 0 Å². The second kappa shape index (κ2) is 6.70. The molecule has 4 nitrogen and oxygen atoms in total. The van der Waals surface area contributed by atoms with E-state index in [9.17, 15) is 23.8 Å². The van der Waals surface area contributed by atoms with Gasteiger partial charge in [-0.15, -0.1) is 0 Å². The van der Waals surface area contributed by atoms with Gasteiger partial charge in [0.15, 0.2) is 5.78 Å². The summed E-state index contributed by atoms with van der Waals surface area (Å²) < 4.78 is 26.9. The third kappa shape index (κ3) is 3.79. The molecule has 0 fully saturated rings. The number of hydrogen-bond donors (Lipinski definition) is 3. The van der Waals surface area contributed by atoms with Gasteiger partial charge in [-0.3, -0.25) is 4.79 Å². The highest BCUT2D eigenvalue weighted by Gasteiger charge is 2.23. The zero-order valence-electron chi connectivity index (χ0n) is 10.8. The van der Waals surface area contributed by atoms with E-state index in [4.69, 9.17) is 0 Å². The van der Waals surface area contributed by atoms with Gasteiger partial charge in [0.25, 0.3) is 0 Å². The molecule has 0 saturated carbocycles. The minimum Gasteiger partial charge on any atom is -0.390 e. The van der Waals surface area contributed by atoms with Crippen molar-refractivity contribution in [2.45, 2.75) is 25.6 Å². The third-order valence-electron chi connectivity index (χ3n) is 2.84. The number of rotatable bonds is 6. The van der Waals surface area contributed by atoms with Crippen LogP contribution in [-0.4, -0.2) is 35.7 Å². The lowest BCUT2D eigenvalue weighted by Crippen LogP contribution is -2.24. The van der Waals surface area contributed by atoms with Crippen LogP contribution >= 0.6 is 0 Å². The molecule has 0 saturated heterocycles. The number of hydrogen-bond acceptors (Lipinski definition) is 4. The summed E-state index contributed by atoms with van der Waals surface area (Å²) in [4.78, 5) is 11.2. The van der Waals surface area contributed by atoms with Gasteiger partial charge in [-0.05, 0) is 33.0 Å². The van der Waals surface area contributed by atoms with Gasteiger partial charge in [0.1, 0.15) is 17.7 Å². The van der Waals surface area contributed by atoms with E-state index in [2.05, 4.69) is 5.32 Å². The van der Waals surface area contributed by atoms with E-state index in [0.29, 0.717) is 12.6 Å². The maximum absolute atomic E-state index is 13.6. The van der Waals surface area contributed by atoms with E-state index >= 15 is 0 Å². The van der Waals surface area contributed by atoms with Crippen molar-refractivity contribution in [1.29, 1.82) is 0 Å². The van der Waals surface area contributed by atoms with Crippen LogP contribution in [0.4, 0.5) is 8.78 Å². The van der Waals surface area contributed by atoms with Gasteiger partial charge in [0, 0.05) is 11.6 Å². The summed E-state index contributed by atoms with van der Waals surface area (Å²) in [5, 5.41) is 22.3. The molecule has 0 aliphatic rings. The minimum absolute atomic E-state index is 0.198. The van der Waals surface area contributed by atoms with Crippen molar-refractivity contribution in [3.8, 4) is 0 Å². The predicted molar refractivity (Wildman–Crippen MR) is 65.9 cm³/mol. The number of aliphatic hydroxyl groups excluding tert-OH is 2. The molecule has 2 atom stereocenters. The predicted octanol–water partition coefficient (Wildman–Crippen LogP) is 1.17. The van der Waals surface area contributed by atoms with Gasteiger partial charge in [-0.1, -0.05) is 0 Å². The summed E-state index contributed by atoms with van der Waals surface area (Å²) in [5.41, 5.74) is -0.591. The Balaban J connectivity index is 3.05. The van der Waals surface area contributed by atoms with Crippen LogP contribution in [0.3, 0.4) is 0 Å². The second-order valence-corrected chi connectivity index (χ2v) is 4.31. The largest absolute Gasteiger partial charge is 0.390 e. The first-order chi connectivity index (χ1) is 8.88. The molecule has 0 aliphatic heterocycles. The quantitative estimate of drug-likeness (QED) is 0.681. The number of ketones is 1. The number of Topliss-reactive ketones (excluding diaryl/α,β-unsaturated/α-hetero) is 1. The maximum atomic E-state index is 13.6.